The van der Waals surface area contributed by atoms with Gasteiger partial charge in [0.2, 0.25) is 5.43 Å². The van der Waals surface area contributed by atoms with E-state index < -0.39 is 28.8 Å². The monoisotopic (exact) mass is 461 g/mol. The highest BCUT2D eigenvalue weighted by Gasteiger charge is 2.22. The molecule has 0 spiro atoms. The van der Waals surface area contributed by atoms with E-state index in [0.717, 1.165) is 12.8 Å². The van der Waals surface area contributed by atoms with E-state index in [1.165, 1.54) is 19.4 Å². The molecule has 0 unspecified atom stereocenters. The summed E-state index contributed by atoms with van der Waals surface area (Å²) in [5, 5.41) is 19.7. The standard InChI is InChI=1S/C24H25ClFNO5/c1-3-4-7-16(13-28)27-12-18(24(30)31)23(29)17-10-14(11-20(32-2)22(17)27)9-15-6-5-8-19(25)21(15)26/h5-6,8,10-12,16,28H,3-4,7,9,13H2,1-2H3,(H,30,31)/t16-/m0/s1. The number of aliphatic hydroxyl groups excluding tert-OH is 1. The second-order valence-electron chi connectivity index (χ2n) is 7.65. The molecule has 32 heavy (non-hydrogen) atoms. The van der Waals surface area contributed by atoms with Crippen LogP contribution in [0, 0.1) is 5.82 Å². The summed E-state index contributed by atoms with van der Waals surface area (Å²) >= 11 is 5.89. The van der Waals surface area contributed by atoms with E-state index in [9.17, 15) is 24.2 Å². The molecule has 2 N–H and O–H groups in total. The number of carboxylic acids is 1. The molecule has 1 heterocycles. The molecule has 1 atom stereocenters. The number of pyridine rings is 1. The minimum Gasteiger partial charge on any atom is -0.495 e. The summed E-state index contributed by atoms with van der Waals surface area (Å²) < 4.78 is 21.6. The van der Waals surface area contributed by atoms with Gasteiger partial charge in [-0.25, -0.2) is 9.18 Å². The van der Waals surface area contributed by atoms with Gasteiger partial charge in [0, 0.05) is 12.6 Å². The summed E-state index contributed by atoms with van der Waals surface area (Å²) in [4.78, 5) is 24.8. The molecule has 0 amide bonds. The molecular formula is C24H25ClFNO5. The Labute approximate surface area is 189 Å². The van der Waals surface area contributed by atoms with Crippen LogP contribution in [-0.4, -0.2) is 34.5 Å². The highest BCUT2D eigenvalue weighted by atomic mass is 35.5. The van der Waals surface area contributed by atoms with E-state index in [4.69, 9.17) is 16.3 Å². The summed E-state index contributed by atoms with van der Waals surface area (Å²) in [5.41, 5.74) is 0.233. The van der Waals surface area contributed by atoms with Crippen molar-refractivity contribution >= 4 is 28.5 Å². The summed E-state index contributed by atoms with van der Waals surface area (Å²) in [6.45, 7) is 1.79. The molecule has 0 saturated carbocycles. The van der Waals surface area contributed by atoms with Crippen LogP contribution in [0.5, 0.6) is 5.75 Å². The highest BCUT2D eigenvalue weighted by Crippen LogP contribution is 2.31. The fraction of sp³-hybridized carbons (Fsp3) is 0.333. The fourth-order valence-electron chi connectivity index (χ4n) is 3.87. The van der Waals surface area contributed by atoms with E-state index in [-0.39, 0.29) is 23.4 Å². The van der Waals surface area contributed by atoms with Crippen LogP contribution in [0.3, 0.4) is 0 Å². The normalized spacial score (nSPS) is 12.2. The number of carboxylic acid groups (broad SMARTS) is 1. The lowest BCUT2D eigenvalue weighted by atomic mass is 9.99. The predicted molar refractivity (Wildman–Crippen MR) is 122 cm³/mol. The zero-order valence-corrected chi connectivity index (χ0v) is 18.7. The Morgan fingerprint density at radius 3 is 2.69 bits per heavy atom. The SMILES string of the molecule is CCCC[C@@H](CO)n1cc(C(=O)O)c(=O)c2cc(Cc3cccc(Cl)c3F)cc(OC)c21. The van der Waals surface area contributed by atoms with Gasteiger partial charge in [-0.05, 0) is 35.7 Å². The van der Waals surface area contributed by atoms with Gasteiger partial charge in [0.05, 0.1) is 35.7 Å². The first-order valence-electron chi connectivity index (χ1n) is 10.3. The largest absolute Gasteiger partial charge is 0.495 e. The third-order valence-electron chi connectivity index (χ3n) is 5.52. The Bertz CT molecular complexity index is 1210. The maximum atomic E-state index is 14.4. The van der Waals surface area contributed by atoms with Gasteiger partial charge in [0.15, 0.2) is 0 Å². The number of ether oxygens (including phenoxy) is 1. The Hall–Kier alpha value is -2.90. The quantitative estimate of drug-likeness (QED) is 0.477. The molecule has 3 rings (SSSR count). The molecule has 1 aromatic heterocycles. The number of fused-ring (bicyclic) bond motifs is 1. The van der Waals surface area contributed by atoms with Crippen LogP contribution < -0.4 is 10.2 Å². The molecule has 0 saturated heterocycles. The Balaban J connectivity index is 2.28. The van der Waals surface area contributed by atoms with Crippen LogP contribution in [-0.2, 0) is 6.42 Å². The number of halogens is 2. The lowest BCUT2D eigenvalue weighted by molar-refractivity contribution is 0.0694. The molecule has 0 aliphatic heterocycles. The van der Waals surface area contributed by atoms with Gasteiger partial charge in [0.25, 0.3) is 0 Å². The van der Waals surface area contributed by atoms with Gasteiger partial charge < -0.3 is 19.5 Å². The van der Waals surface area contributed by atoms with Crippen LogP contribution in [0.4, 0.5) is 4.39 Å². The molecule has 8 heteroatoms. The number of rotatable bonds is 9. The van der Waals surface area contributed by atoms with Crippen molar-refractivity contribution in [1.82, 2.24) is 4.57 Å². The predicted octanol–water partition coefficient (Wildman–Crippen LogP) is 4.82. The van der Waals surface area contributed by atoms with Gasteiger partial charge in [-0.15, -0.1) is 0 Å². The summed E-state index contributed by atoms with van der Waals surface area (Å²) in [6, 6.07) is 7.49. The topological polar surface area (TPSA) is 88.8 Å². The number of aromatic nitrogens is 1. The first kappa shape index (κ1) is 23.8. The van der Waals surface area contributed by atoms with Gasteiger partial charge in [-0.3, -0.25) is 4.79 Å². The summed E-state index contributed by atoms with van der Waals surface area (Å²) in [5.74, 6) is -1.57. The third kappa shape index (κ3) is 4.64. The van der Waals surface area contributed by atoms with Crippen molar-refractivity contribution in [2.75, 3.05) is 13.7 Å². The van der Waals surface area contributed by atoms with Crippen molar-refractivity contribution < 1.29 is 24.1 Å². The van der Waals surface area contributed by atoms with Crippen LogP contribution in [0.1, 0.15) is 53.7 Å². The summed E-state index contributed by atoms with van der Waals surface area (Å²) in [7, 11) is 1.44. The van der Waals surface area contributed by atoms with Crippen LogP contribution in [0.25, 0.3) is 10.9 Å². The smallest absolute Gasteiger partial charge is 0.341 e. The molecule has 0 aliphatic carbocycles. The number of methoxy groups -OCH3 is 1. The Morgan fingerprint density at radius 1 is 1.31 bits per heavy atom. The first-order valence-corrected chi connectivity index (χ1v) is 10.7. The van der Waals surface area contributed by atoms with Gasteiger partial charge in [0.1, 0.15) is 17.1 Å². The number of hydrogen-bond acceptors (Lipinski definition) is 4. The maximum Gasteiger partial charge on any atom is 0.341 e. The number of unbranched alkanes of at least 4 members (excludes halogenated alkanes) is 1. The highest BCUT2D eigenvalue weighted by molar-refractivity contribution is 6.30. The second-order valence-corrected chi connectivity index (χ2v) is 8.05. The number of aromatic carboxylic acids is 1. The minimum absolute atomic E-state index is 0.00696. The van der Waals surface area contributed by atoms with E-state index in [1.807, 2.05) is 6.92 Å². The molecule has 6 nitrogen and oxygen atoms in total. The molecule has 0 bridgehead atoms. The molecule has 3 aromatic rings. The number of nitrogens with zero attached hydrogens (tertiary/aromatic N) is 1. The van der Waals surface area contributed by atoms with Crippen molar-refractivity contribution in [2.45, 2.75) is 38.6 Å². The minimum atomic E-state index is -1.36. The van der Waals surface area contributed by atoms with E-state index in [2.05, 4.69) is 0 Å². The van der Waals surface area contributed by atoms with Gasteiger partial charge in [-0.1, -0.05) is 43.5 Å². The van der Waals surface area contributed by atoms with Crippen molar-refractivity contribution in [1.29, 1.82) is 0 Å². The molecule has 2 aromatic carbocycles. The lowest BCUT2D eigenvalue weighted by Gasteiger charge is -2.23. The third-order valence-corrected chi connectivity index (χ3v) is 5.81. The van der Waals surface area contributed by atoms with Crippen molar-refractivity contribution in [2.24, 2.45) is 0 Å². The zero-order valence-electron chi connectivity index (χ0n) is 17.9. The number of benzene rings is 2. The Kier molecular flexibility index (Phi) is 7.53. The van der Waals surface area contributed by atoms with Crippen molar-refractivity contribution in [3.8, 4) is 5.75 Å². The molecule has 0 aliphatic rings. The van der Waals surface area contributed by atoms with E-state index in [0.29, 0.717) is 28.8 Å². The number of hydrogen-bond donors (Lipinski definition) is 2. The maximum absolute atomic E-state index is 14.4. The summed E-state index contributed by atoms with van der Waals surface area (Å²) in [6.07, 6.45) is 3.71. The first-order chi connectivity index (χ1) is 15.3. The lowest BCUT2D eigenvalue weighted by Crippen LogP contribution is -2.23. The molecule has 170 valence electrons. The van der Waals surface area contributed by atoms with Crippen LogP contribution in [0.2, 0.25) is 5.02 Å². The van der Waals surface area contributed by atoms with Crippen LogP contribution >= 0.6 is 11.6 Å². The average Bonchev–Trinajstić information content (AvgIpc) is 2.78. The molecular weight excluding hydrogens is 437 g/mol. The van der Waals surface area contributed by atoms with Gasteiger partial charge >= 0.3 is 5.97 Å². The van der Waals surface area contributed by atoms with Crippen molar-refractivity contribution in [3.05, 3.63) is 74.3 Å². The fourth-order valence-corrected chi connectivity index (χ4v) is 4.07. The number of aliphatic hydroxyl groups is 1. The van der Waals surface area contributed by atoms with Crippen molar-refractivity contribution in [3.63, 3.8) is 0 Å². The molecule has 0 radical (unpaired) electrons. The number of carbonyl (C=O) groups is 1. The zero-order chi connectivity index (χ0) is 23.4. The second kappa shape index (κ2) is 10.1. The average molecular weight is 462 g/mol. The molecule has 0 fully saturated rings. The van der Waals surface area contributed by atoms with E-state index in [1.54, 1.807) is 28.8 Å². The van der Waals surface area contributed by atoms with Crippen LogP contribution in [0.15, 0.2) is 41.3 Å². The van der Waals surface area contributed by atoms with Gasteiger partial charge in [-0.2, -0.15) is 0 Å². The Morgan fingerprint density at radius 2 is 2.06 bits per heavy atom. The van der Waals surface area contributed by atoms with E-state index >= 15 is 0 Å².